The van der Waals surface area contributed by atoms with Gasteiger partial charge in [-0.15, -0.1) is 0 Å². The molecular formula is C36H75O2P. The monoisotopic (exact) mass is 571 g/mol. The van der Waals surface area contributed by atoms with E-state index >= 15 is 0 Å². The van der Waals surface area contributed by atoms with Crippen LogP contribution < -0.4 is 0 Å². The van der Waals surface area contributed by atoms with E-state index in [2.05, 4.69) is 34.6 Å². The van der Waals surface area contributed by atoms with Crippen molar-refractivity contribution in [2.45, 2.75) is 189 Å². The summed E-state index contributed by atoms with van der Waals surface area (Å²) in [4.78, 5) is 12.7. The van der Waals surface area contributed by atoms with E-state index in [0.717, 1.165) is 12.8 Å². The van der Waals surface area contributed by atoms with Gasteiger partial charge >= 0.3 is 249 Å². The van der Waals surface area contributed by atoms with Crippen molar-refractivity contribution >= 4 is 13.2 Å². The van der Waals surface area contributed by atoms with Gasteiger partial charge in [0.2, 0.25) is 0 Å². The predicted molar refractivity (Wildman–Crippen MR) is 181 cm³/mol. The fourth-order valence-electron chi connectivity index (χ4n) is 6.38. The summed E-state index contributed by atoms with van der Waals surface area (Å²) < 4.78 is 5.79. The molecule has 0 bridgehead atoms. The van der Waals surface area contributed by atoms with E-state index in [1.54, 1.807) is 0 Å². The van der Waals surface area contributed by atoms with Crippen LogP contribution in [0.5, 0.6) is 0 Å². The topological polar surface area (TPSA) is 26.3 Å². The number of carbonyl (C=O) groups is 1. The summed E-state index contributed by atoms with van der Waals surface area (Å²) in [7, 11) is -1.34. The van der Waals surface area contributed by atoms with Crippen LogP contribution in [0.3, 0.4) is 0 Å². The molecule has 1 atom stereocenters. The maximum atomic E-state index is 12.7. The molecule has 0 spiro atoms. The summed E-state index contributed by atoms with van der Waals surface area (Å²) in [6.45, 7) is 12.1. The van der Waals surface area contributed by atoms with Gasteiger partial charge in [0.1, 0.15) is 0 Å². The third kappa shape index (κ3) is 24.2. The van der Waals surface area contributed by atoms with Crippen molar-refractivity contribution in [2.24, 2.45) is 5.92 Å². The number of hydrogen-bond donors (Lipinski definition) is 0. The summed E-state index contributed by atoms with van der Waals surface area (Å²) in [6, 6.07) is 0. The summed E-state index contributed by atoms with van der Waals surface area (Å²) in [5.41, 5.74) is 0. The molecule has 0 saturated heterocycles. The third-order valence-corrected chi connectivity index (χ3v) is 15.0. The van der Waals surface area contributed by atoms with Crippen LogP contribution >= 0.6 is 7.26 Å². The molecule has 0 aliphatic heterocycles. The number of esters is 1. The Balaban J connectivity index is 5.01. The van der Waals surface area contributed by atoms with Crippen LogP contribution in [-0.4, -0.2) is 37.2 Å². The molecule has 2 nitrogen and oxygen atoms in total. The van der Waals surface area contributed by atoms with Gasteiger partial charge in [-0.1, -0.05) is 0 Å². The van der Waals surface area contributed by atoms with Gasteiger partial charge in [0.05, 0.1) is 0 Å². The zero-order chi connectivity index (χ0) is 28.9. The molecule has 0 aromatic carbocycles. The second-order valence-corrected chi connectivity index (χ2v) is 18.0. The van der Waals surface area contributed by atoms with Crippen LogP contribution in [0.15, 0.2) is 0 Å². The Labute approximate surface area is 248 Å². The van der Waals surface area contributed by atoms with Crippen LogP contribution in [0.25, 0.3) is 0 Å². The molecule has 0 saturated carbocycles. The van der Waals surface area contributed by atoms with Gasteiger partial charge in [-0.2, -0.15) is 0 Å². The second kappa shape index (κ2) is 29.4. The summed E-state index contributed by atoms with van der Waals surface area (Å²) in [5.74, 6) is 0.627. The van der Waals surface area contributed by atoms with Crippen molar-refractivity contribution in [3.05, 3.63) is 0 Å². The van der Waals surface area contributed by atoms with Crippen molar-refractivity contribution in [3.63, 3.8) is 0 Å². The first-order valence-corrected chi connectivity index (χ1v) is 21.1. The van der Waals surface area contributed by atoms with Crippen molar-refractivity contribution < 1.29 is 9.53 Å². The minimum atomic E-state index is -1.34. The molecule has 1 unspecified atom stereocenters. The van der Waals surface area contributed by atoms with E-state index in [0.29, 0.717) is 18.9 Å². The van der Waals surface area contributed by atoms with Gasteiger partial charge in [-0.05, 0) is 0 Å². The summed E-state index contributed by atoms with van der Waals surface area (Å²) in [6.07, 6.45) is 37.8. The fourth-order valence-corrected chi connectivity index (χ4v) is 11.8. The number of ether oxygens (including phenoxy) is 1. The van der Waals surface area contributed by atoms with E-state index in [9.17, 15) is 4.79 Å². The Kier molecular flexibility index (Phi) is 29.3. The molecule has 236 valence electrons. The number of hydrogen-bond acceptors (Lipinski definition) is 2. The number of unbranched alkanes of at least 4 members (excludes halogenated alkanes) is 16. The Hall–Kier alpha value is -0.100. The maximum absolute atomic E-state index is 12.7. The Morgan fingerprint density at radius 2 is 0.897 bits per heavy atom. The molecule has 39 heavy (non-hydrogen) atoms. The van der Waals surface area contributed by atoms with Crippen LogP contribution in [0.1, 0.15) is 189 Å². The van der Waals surface area contributed by atoms with Crippen molar-refractivity contribution in [2.75, 3.05) is 31.3 Å². The molecular weight excluding hydrogens is 495 g/mol. The average Bonchev–Trinajstić information content (AvgIpc) is 2.94. The van der Waals surface area contributed by atoms with Gasteiger partial charge in [-0.25, -0.2) is 0 Å². The van der Waals surface area contributed by atoms with Gasteiger partial charge in [0.15, 0.2) is 0 Å². The summed E-state index contributed by atoms with van der Waals surface area (Å²) in [5, 5.41) is 0. The molecule has 0 N–H and O–H groups in total. The first-order valence-electron chi connectivity index (χ1n) is 18.2. The van der Waals surface area contributed by atoms with E-state index < -0.39 is 7.26 Å². The van der Waals surface area contributed by atoms with Crippen molar-refractivity contribution in [1.29, 1.82) is 0 Å². The zero-order valence-corrected chi connectivity index (χ0v) is 28.9. The molecule has 0 aromatic heterocycles. The van der Waals surface area contributed by atoms with Gasteiger partial charge in [-0.3, -0.25) is 0 Å². The van der Waals surface area contributed by atoms with Gasteiger partial charge in [0.25, 0.3) is 0 Å². The standard InChI is InChI=1S/C36H75O2P/c1-6-11-15-18-21-24-30-39(31-25-22-19-16-12-7-2,32-26-23-20-17-13-8-3)33-27-29-36(37)38-34-35(10-5)28-14-9-4/h35,39H,6-34H2,1-5H3. The minimum absolute atomic E-state index is 0.0755. The summed E-state index contributed by atoms with van der Waals surface area (Å²) >= 11 is 0. The number of carbonyl (C=O) groups excluding carboxylic acids is 1. The van der Waals surface area contributed by atoms with E-state index in [-0.39, 0.29) is 5.97 Å². The third-order valence-electron chi connectivity index (χ3n) is 9.29. The molecule has 0 aromatic rings. The Morgan fingerprint density at radius 3 is 1.31 bits per heavy atom. The molecule has 0 aliphatic rings. The Bertz CT molecular complexity index is 465. The predicted octanol–water partition coefficient (Wildman–Crippen LogP) is 12.4. The first-order chi connectivity index (χ1) is 19.1. The van der Waals surface area contributed by atoms with Crippen LogP contribution in [0.2, 0.25) is 0 Å². The fraction of sp³-hybridized carbons (Fsp3) is 0.972. The SMILES string of the molecule is CCCCCCCC[PH](CCCCCCCC)(CCCCCCCC)CCCC(=O)OCC(CC)CCCC. The zero-order valence-electron chi connectivity index (χ0n) is 27.9. The van der Waals surface area contributed by atoms with Crippen LogP contribution in [-0.2, 0) is 9.53 Å². The molecule has 0 radical (unpaired) electrons. The van der Waals surface area contributed by atoms with Crippen molar-refractivity contribution in [3.8, 4) is 0 Å². The normalized spacial score (nSPS) is 13.1. The van der Waals surface area contributed by atoms with Gasteiger partial charge in [0, 0.05) is 0 Å². The van der Waals surface area contributed by atoms with E-state index in [1.165, 1.54) is 159 Å². The molecule has 3 heteroatoms. The molecule has 0 amide bonds. The molecule has 0 rings (SSSR count). The number of rotatable bonds is 31. The molecule has 0 fully saturated rings. The van der Waals surface area contributed by atoms with E-state index in [4.69, 9.17) is 4.74 Å². The van der Waals surface area contributed by atoms with Crippen LogP contribution in [0.4, 0.5) is 0 Å². The average molecular weight is 571 g/mol. The molecule has 0 aliphatic carbocycles. The Morgan fingerprint density at radius 1 is 0.513 bits per heavy atom. The van der Waals surface area contributed by atoms with Gasteiger partial charge < -0.3 is 0 Å². The molecule has 0 heterocycles. The quantitative estimate of drug-likeness (QED) is 0.0470. The van der Waals surface area contributed by atoms with Crippen molar-refractivity contribution in [1.82, 2.24) is 0 Å². The van der Waals surface area contributed by atoms with E-state index in [1.807, 2.05) is 0 Å². The second-order valence-electron chi connectivity index (χ2n) is 13.0. The first kappa shape index (κ1) is 38.9. The van der Waals surface area contributed by atoms with Crippen LogP contribution in [0, 0.1) is 5.92 Å².